The van der Waals surface area contributed by atoms with Gasteiger partial charge >= 0.3 is 0 Å². The zero-order chi connectivity index (χ0) is 14.2. The van der Waals surface area contributed by atoms with Gasteiger partial charge < -0.3 is 9.84 Å². The molecule has 0 spiro atoms. The molecule has 1 aliphatic carbocycles. The molecule has 20 heavy (non-hydrogen) atoms. The summed E-state index contributed by atoms with van der Waals surface area (Å²) in [6, 6.07) is 8.32. The van der Waals surface area contributed by atoms with Crippen LogP contribution in [0.2, 0.25) is 0 Å². The molecule has 1 N–H and O–H groups in total. The molecule has 1 fully saturated rings. The molecule has 2 aliphatic rings. The summed E-state index contributed by atoms with van der Waals surface area (Å²) in [6.07, 6.45) is 6.18. The van der Waals surface area contributed by atoms with Crippen LogP contribution >= 0.6 is 0 Å². The minimum atomic E-state index is -0.489. The van der Waals surface area contributed by atoms with E-state index < -0.39 is 5.60 Å². The fourth-order valence-corrected chi connectivity index (χ4v) is 4.22. The van der Waals surface area contributed by atoms with Crippen LogP contribution < -0.4 is 4.74 Å². The highest BCUT2D eigenvalue weighted by Crippen LogP contribution is 2.47. The number of fused-ring (bicyclic) bond motifs is 1. The van der Waals surface area contributed by atoms with Crippen molar-refractivity contribution < 1.29 is 9.84 Å². The zero-order valence-corrected chi connectivity index (χ0v) is 12.7. The van der Waals surface area contributed by atoms with Crippen molar-refractivity contribution in [1.82, 2.24) is 0 Å². The Morgan fingerprint density at radius 2 is 2.05 bits per heavy atom. The van der Waals surface area contributed by atoms with E-state index in [0.717, 1.165) is 44.5 Å². The van der Waals surface area contributed by atoms with Gasteiger partial charge in [-0.1, -0.05) is 38.5 Å². The Morgan fingerprint density at radius 1 is 1.25 bits per heavy atom. The van der Waals surface area contributed by atoms with Crippen molar-refractivity contribution in [2.24, 2.45) is 5.41 Å². The number of hydrogen-bond donors (Lipinski definition) is 1. The molecule has 0 aromatic heterocycles. The van der Waals surface area contributed by atoms with Crippen molar-refractivity contribution >= 4 is 0 Å². The average Bonchev–Trinajstić information content (AvgIpc) is 2.37. The van der Waals surface area contributed by atoms with Gasteiger partial charge in [-0.25, -0.2) is 0 Å². The van der Waals surface area contributed by atoms with Crippen LogP contribution in [0.1, 0.15) is 63.9 Å². The topological polar surface area (TPSA) is 29.5 Å². The smallest absolute Gasteiger partial charge is 0.122 e. The van der Waals surface area contributed by atoms with Crippen LogP contribution in [0.4, 0.5) is 0 Å². The van der Waals surface area contributed by atoms with E-state index in [1.165, 1.54) is 12.0 Å². The molecule has 1 aromatic rings. The Bertz CT molecular complexity index is 480. The maximum atomic E-state index is 11.0. The largest absolute Gasteiger partial charge is 0.493 e. The molecule has 0 amide bonds. The van der Waals surface area contributed by atoms with E-state index in [1.807, 2.05) is 6.07 Å². The summed E-state index contributed by atoms with van der Waals surface area (Å²) in [5, 5.41) is 11.0. The van der Waals surface area contributed by atoms with Gasteiger partial charge in [0.05, 0.1) is 12.2 Å². The van der Waals surface area contributed by atoms with Crippen LogP contribution in [0.3, 0.4) is 0 Å². The zero-order valence-electron chi connectivity index (χ0n) is 12.7. The third-order valence-corrected chi connectivity index (χ3v) is 5.01. The third-order valence-electron chi connectivity index (χ3n) is 5.01. The van der Waals surface area contributed by atoms with Crippen molar-refractivity contribution in [3.05, 3.63) is 29.8 Å². The Hall–Kier alpha value is -1.02. The standard InChI is InChI=1S/C18H26O2/c1-17(2)9-5-10-18(19,13-17)12-14-8-11-20-16-7-4-3-6-15(14)16/h3-4,6-7,14,19H,5,8-13H2,1-2H3. The highest BCUT2D eigenvalue weighted by atomic mass is 16.5. The molecular formula is C18H26O2. The quantitative estimate of drug-likeness (QED) is 0.872. The van der Waals surface area contributed by atoms with Crippen molar-refractivity contribution in [3.8, 4) is 5.75 Å². The SMILES string of the molecule is CC1(C)CCCC(O)(CC2CCOc3ccccc32)C1. The second-order valence-electron chi connectivity index (χ2n) is 7.49. The number of para-hydroxylation sites is 1. The van der Waals surface area contributed by atoms with Crippen molar-refractivity contribution in [2.45, 2.75) is 63.9 Å². The summed E-state index contributed by atoms with van der Waals surface area (Å²) in [5.74, 6) is 1.46. The average molecular weight is 274 g/mol. The molecule has 2 unspecified atom stereocenters. The molecule has 1 aromatic carbocycles. The molecular weight excluding hydrogens is 248 g/mol. The number of benzene rings is 1. The molecule has 0 saturated heterocycles. The summed E-state index contributed by atoms with van der Waals surface area (Å²) in [4.78, 5) is 0. The second-order valence-corrected chi connectivity index (χ2v) is 7.49. The number of rotatable bonds is 2. The lowest BCUT2D eigenvalue weighted by Gasteiger charge is -2.43. The predicted molar refractivity (Wildman–Crippen MR) is 81.1 cm³/mol. The third kappa shape index (κ3) is 2.85. The summed E-state index contributed by atoms with van der Waals surface area (Å²) >= 11 is 0. The van der Waals surface area contributed by atoms with Crippen LogP contribution in [0.25, 0.3) is 0 Å². The minimum Gasteiger partial charge on any atom is -0.493 e. The molecule has 1 heterocycles. The molecule has 110 valence electrons. The number of aliphatic hydroxyl groups is 1. The molecule has 0 radical (unpaired) electrons. The fourth-order valence-electron chi connectivity index (χ4n) is 4.22. The molecule has 2 nitrogen and oxygen atoms in total. The summed E-state index contributed by atoms with van der Waals surface area (Å²) in [6.45, 7) is 5.35. The molecule has 2 atom stereocenters. The summed E-state index contributed by atoms with van der Waals surface area (Å²) < 4.78 is 5.74. The van der Waals surface area contributed by atoms with Gasteiger partial charge in [-0.15, -0.1) is 0 Å². The maximum absolute atomic E-state index is 11.0. The highest BCUT2D eigenvalue weighted by Gasteiger charge is 2.40. The van der Waals surface area contributed by atoms with Crippen LogP contribution in [-0.4, -0.2) is 17.3 Å². The first-order chi connectivity index (χ1) is 9.48. The Morgan fingerprint density at radius 3 is 2.85 bits per heavy atom. The van der Waals surface area contributed by atoms with Gasteiger partial charge in [0.2, 0.25) is 0 Å². The van der Waals surface area contributed by atoms with Gasteiger partial charge in [-0.2, -0.15) is 0 Å². The lowest BCUT2D eigenvalue weighted by atomic mass is 9.66. The Labute approximate surface area is 122 Å². The molecule has 0 bridgehead atoms. The van der Waals surface area contributed by atoms with Gasteiger partial charge in [-0.3, -0.25) is 0 Å². The van der Waals surface area contributed by atoms with Gasteiger partial charge in [0.25, 0.3) is 0 Å². The minimum absolute atomic E-state index is 0.275. The van der Waals surface area contributed by atoms with E-state index >= 15 is 0 Å². The normalized spacial score (nSPS) is 32.2. The predicted octanol–water partition coefficient (Wildman–Crippen LogP) is 4.27. The highest BCUT2D eigenvalue weighted by molar-refractivity contribution is 5.38. The Balaban J connectivity index is 1.78. The molecule has 2 heteroatoms. The first kappa shape index (κ1) is 13.9. The van der Waals surface area contributed by atoms with Gasteiger partial charge in [0.1, 0.15) is 5.75 Å². The first-order valence-corrected chi connectivity index (χ1v) is 7.92. The molecule has 1 aliphatic heterocycles. The monoisotopic (exact) mass is 274 g/mol. The van der Waals surface area contributed by atoms with E-state index in [9.17, 15) is 5.11 Å². The maximum Gasteiger partial charge on any atom is 0.122 e. The van der Waals surface area contributed by atoms with Crippen LogP contribution in [-0.2, 0) is 0 Å². The van der Waals surface area contributed by atoms with Gasteiger partial charge in [0.15, 0.2) is 0 Å². The molecule has 3 rings (SSSR count). The summed E-state index contributed by atoms with van der Waals surface area (Å²) in [5.41, 5.74) is 1.07. The second kappa shape index (κ2) is 5.07. The van der Waals surface area contributed by atoms with Crippen LogP contribution in [0.5, 0.6) is 5.75 Å². The van der Waals surface area contributed by atoms with Gasteiger partial charge in [0, 0.05) is 0 Å². The molecule has 1 saturated carbocycles. The lowest BCUT2D eigenvalue weighted by Crippen LogP contribution is -2.40. The van der Waals surface area contributed by atoms with Gasteiger partial charge in [-0.05, 0) is 55.1 Å². The van der Waals surface area contributed by atoms with E-state index in [1.54, 1.807) is 0 Å². The van der Waals surface area contributed by atoms with Crippen molar-refractivity contribution in [3.63, 3.8) is 0 Å². The Kier molecular flexibility index (Phi) is 3.53. The van der Waals surface area contributed by atoms with E-state index in [0.29, 0.717) is 5.92 Å². The van der Waals surface area contributed by atoms with Crippen LogP contribution in [0, 0.1) is 5.41 Å². The number of ether oxygens (including phenoxy) is 1. The lowest BCUT2D eigenvalue weighted by molar-refractivity contribution is -0.0516. The van der Waals surface area contributed by atoms with Crippen molar-refractivity contribution in [1.29, 1.82) is 0 Å². The van der Waals surface area contributed by atoms with E-state index in [-0.39, 0.29) is 5.41 Å². The van der Waals surface area contributed by atoms with Crippen LogP contribution in [0.15, 0.2) is 24.3 Å². The summed E-state index contributed by atoms with van der Waals surface area (Å²) in [7, 11) is 0. The fraction of sp³-hybridized carbons (Fsp3) is 0.667. The van der Waals surface area contributed by atoms with E-state index in [4.69, 9.17) is 4.74 Å². The first-order valence-electron chi connectivity index (χ1n) is 7.92. The van der Waals surface area contributed by atoms with E-state index in [2.05, 4.69) is 32.0 Å². The number of hydrogen-bond acceptors (Lipinski definition) is 2. The van der Waals surface area contributed by atoms with Crippen molar-refractivity contribution in [2.75, 3.05) is 6.61 Å².